The molecular weight excluding hydrogens is 268 g/mol. The molecule has 8 rings (SSSR count). The van der Waals surface area contributed by atoms with Gasteiger partial charge in [-0.3, -0.25) is 4.90 Å². The normalized spacial score (nSPS) is 55.9. The lowest BCUT2D eigenvalue weighted by Gasteiger charge is -2.67. The molecule has 0 amide bonds. The third kappa shape index (κ3) is 0.850. The van der Waals surface area contributed by atoms with Crippen LogP contribution < -0.4 is 5.32 Å². The van der Waals surface area contributed by atoms with Crippen molar-refractivity contribution in [3.05, 3.63) is 29.8 Å². The molecule has 114 valence electrons. The van der Waals surface area contributed by atoms with Crippen LogP contribution in [-0.2, 0) is 5.41 Å². The fourth-order valence-corrected chi connectivity index (χ4v) is 8.91. The topological polar surface area (TPSA) is 15.3 Å². The molecule has 4 bridgehead atoms. The highest BCUT2D eigenvalue weighted by Crippen LogP contribution is 2.80. The number of nitrogens with one attached hydrogen (secondary N) is 1. The van der Waals surface area contributed by atoms with Crippen molar-refractivity contribution in [1.29, 1.82) is 0 Å². The van der Waals surface area contributed by atoms with E-state index in [1.807, 2.05) is 0 Å². The van der Waals surface area contributed by atoms with Gasteiger partial charge in [0.2, 0.25) is 0 Å². The summed E-state index contributed by atoms with van der Waals surface area (Å²) in [5.74, 6) is 1.86. The molecule has 2 heteroatoms. The van der Waals surface area contributed by atoms with Crippen LogP contribution in [-0.4, -0.2) is 29.6 Å². The van der Waals surface area contributed by atoms with Crippen LogP contribution in [0, 0.1) is 17.3 Å². The van der Waals surface area contributed by atoms with Crippen molar-refractivity contribution in [2.45, 2.75) is 55.5 Å². The molecule has 22 heavy (non-hydrogen) atoms. The second-order valence-corrected chi connectivity index (χ2v) is 9.21. The maximum atomic E-state index is 4.15. The van der Waals surface area contributed by atoms with Crippen LogP contribution in [0.5, 0.6) is 0 Å². The summed E-state index contributed by atoms with van der Waals surface area (Å²) in [5, 5.41) is 4.15. The number of para-hydroxylation sites is 1. The maximum Gasteiger partial charge on any atom is 0.0518 e. The van der Waals surface area contributed by atoms with E-state index in [0.29, 0.717) is 16.4 Å². The first-order chi connectivity index (χ1) is 10.8. The Morgan fingerprint density at radius 3 is 3.05 bits per heavy atom. The zero-order chi connectivity index (χ0) is 14.2. The highest BCUT2D eigenvalue weighted by atomic mass is 15.3. The number of hydrogen-bond acceptors (Lipinski definition) is 2. The number of benzene rings is 1. The van der Waals surface area contributed by atoms with Gasteiger partial charge in [0.25, 0.3) is 0 Å². The molecule has 6 fully saturated rings. The van der Waals surface area contributed by atoms with Crippen LogP contribution >= 0.6 is 0 Å². The quantitative estimate of drug-likeness (QED) is 0.788. The summed E-state index contributed by atoms with van der Waals surface area (Å²) in [6.07, 6.45) is 8.91. The molecule has 1 unspecified atom stereocenters. The zero-order valence-corrected chi connectivity index (χ0v) is 13.1. The molecule has 2 saturated heterocycles. The third-order valence-electron chi connectivity index (χ3n) is 9.00. The molecular formula is C20H24N2. The fourth-order valence-electron chi connectivity index (χ4n) is 8.91. The predicted molar refractivity (Wildman–Crippen MR) is 86.9 cm³/mol. The van der Waals surface area contributed by atoms with Gasteiger partial charge in [-0.2, -0.15) is 0 Å². The highest BCUT2D eigenvalue weighted by Gasteiger charge is 2.83. The third-order valence-corrected chi connectivity index (χ3v) is 9.00. The molecule has 0 radical (unpaired) electrons. The summed E-state index contributed by atoms with van der Waals surface area (Å²) >= 11 is 0. The average molecular weight is 292 g/mol. The van der Waals surface area contributed by atoms with Crippen LogP contribution in [0.3, 0.4) is 0 Å². The smallest absolute Gasteiger partial charge is 0.0518 e. The number of fused-ring (bicyclic) bond motifs is 2. The van der Waals surface area contributed by atoms with Crippen LogP contribution in [0.15, 0.2) is 24.3 Å². The zero-order valence-electron chi connectivity index (χ0n) is 13.1. The maximum absolute atomic E-state index is 4.15. The Labute approximate surface area is 132 Å². The molecule has 7 aliphatic rings. The average Bonchev–Trinajstić information content (AvgIpc) is 3.08. The molecule has 3 aliphatic heterocycles. The molecule has 3 spiro atoms. The van der Waals surface area contributed by atoms with Crippen LogP contribution in [0.1, 0.15) is 44.1 Å². The lowest BCUT2D eigenvalue weighted by atomic mass is 9.41. The monoisotopic (exact) mass is 292 g/mol. The van der Waals surface area contributed by atoms with Crippen LogP contribution in [0.2, 0.25) is 0 Å². The van der Waals surface area contributed by atoms with E-state index in [2.05, 4.69) is 34.5 Å². The van der Waals surface area contributed by atoms with Crippen molar-refractivity contribution in [1.82, 2.24) is 4.90 Å². The number of nitrogens with zero attached hydrogens (tertiary/aromatic N) is 1. The standard InChI is InChI=1S/C20H24N2/c1-2-5-16-15(4-1)20-14-10-13-11-18(7-8-19(13,20)21-16)6-3-9-22(12-14)17(18)20/h1-2,4-5,13-14,17,21H,3,6-12H2/t13-,14?,17-,18+,19+,20+/m0/s1. The number of anilines is 1. The van der Waals surface area contributed by atoms with Gasteiger partial charge in [0.05, 0.1) is 5.54 Å². The van der Waals surface area contributed by atoms with Gasteiger partial charge in [-0.1, -0.05) is 18.2 Å². The van der Waals surface area contributed by atoms with Gasteiger partial charge in [0, 0.05) is 23.7 Å². The van der Waals surface area contributed by atoms with Crippen molar-refractivity contribution in [3.63, 3.8) is 0 Å². The molecule has 1 N–H and O–H groups in total. The van der Waals surface area contributed by atoms with Crippen molar-refractivity contribution in [2.75, 3.05) is 18.4 Å². The summed E-state index contributed by atoms with van der Waals surface area (Å²) in [7, 11) is 0. The second-order valence-electron chi connectivity index (χ2n) is 9.21. The van der Waals surface area contributed by atoms with Crippen molar-refractivity contribution < 1.29 is 0 Å². The first-order valence-corrected chi connectivity index (χ1v) is 9.42. The summed E-state index contributed by atoms with van der Waals surface area (Å²) in [6.45, 7) is 2.76. The summed E-state index contributed by atoms with van der Waals surface area (Å²) in [6, 6.07) is 10.2. The Hall–Kier alpha value is -1.02. The minimum Gasteiger partial charge on any atom is -0.378 e. The Morgan fingerprint density at radius 2 is 2.05 bits per heavy atom. The lowest BCUT2D eigenvalue weighted by molar-refractivity contribution is -0.112. The lowest BCUT2D eigenvalue weighted by Crippen LogP contribution is -2.73. The Bertz CT molecular complexity index is 713. The van der Waals surface area contributed by atoms with Crippen molar-refractivity contribution >= 4 is 5.69 Å². The largest absolute Gasteiger partial charge is 0.378 e. The van der Waals surface area contributed by atoms with E-state index in [1.54, 1.807) is 5.56 Å². The van der Waals surface area contributed by atoms with Crippen LogP contribution in [0.25, 0.3) is 0 Å². The van der Waals surface area contributed by atoms with Gasteiger partial charge >= 0.3 is 0 Å². The van der Waals surface area contributed by atoms with E-state index in [9.17, 15) is 0 Å². The molecule has 0 aromatic heterocycles. The summed E-state index contributed by atoms with van der Waals surface area (Å²) in [5.41, 5.74) is 4.74. The van der Waals surface area contributed by atoms with Gasteiger partial charge in [-0.25, -0.2) is 0 Å². The van der Waals surface area contributed by atoms with Gasteiger partial charge in [0.15, 0.2) is 0 Å². The summed E-state index contributed by atoms with van der Waals surface area (Å²) < 4.78 is 0. The van der Waals surface area contributed by atoms with Gasteiger partial charge in [-0.15, -0.1) is 0 Å². The molecule has 1 aromatic rings. The van der Waals surface area contributed by atoms with E-state index >= 15 is 0 Å². The molecule has 4 aliphatic carbocycles. The molecule has 1 aromatic carbocycles. The van der Waals surface area contributed by atoms with Crippen molar-refractivity contribution in [2.24, 2.45) is 17.3 Å². The predicted octanol–water partition coefficient (Wildman–Crippen LogP) is 3.39. The fraction of sp³-hybridized carbons (Fsp3) is 0.700. The van der Waals surface area contributed by atoms with Gasteiger partial charge in [-0.05, 0) is 74.0 Å². The highest BCUT2D eigenvalue weighted by molar-refractivity contribution is 5.70. The minimum absolute atomic E-state index is 0.417. The van der Waals surface area contributed by atoms with E-state index in [1.165, 1.54) is 57.3 Å². The number of piperidine rings is 1. The first kappa shape index (κ1) is 11.5. The van der Waals surface area contributed by atoms with Gasteiger partial charge < -0.3 is 5.32 Å². The summed E-state index contributed by atoms with van der Waals surface area (Å²) in [4.78, 5) is 2.95. The number of rotatable bonds is 0. The van der Waals surface area contributed by atoms with Crippen molar-refractivity contribution in [3.8, 4) is 0 Å². The van der Waals surface area contributed by atoms with E-state index in [0.717, 1.165) is 17.9 Å². The Kier molecular flexibility index (Phi) is 1.64. The minimum atomic E-state index is 0.417. The molecule has 6 atom stereocenters. The molecule has 3 heterocycles. The second kappa shape index (κ2) is 3.13. The first-order valence-electron chi connectivity index (χ1n) is 9.42. The van der Waals surface area contributed by atoms with E-state index in [4.69, 9.17) is 0 Å². The Morgan fingerprint density at radius 1 is 1.09 bits per heavy atom. The van der Waals surface area contributed by atoms with E-state index in [-0.39, 0.29) is 0 Å². The SMILES string of the molecule is c1ccc2c(c1)N[C@]13CC[C@]45CCCN6CC(C[C@H]1C4)[C@]23[C@@H]65. The number of hydrogen-bond donors (Lipinski definition) is 1. The molecule has 2 nitrogen and oxygen atoms in total. The molecule has 4 saturated carbocycles. The van der Waals surface area contributed by atoms with Crippen LogP contribution in [0.4, 0.5) is 5.69 Å². The Balaban J connectivity index is 1.61. The van der Waals surface area contributed by atoms with E-state index < -0.39 is 0 Å². The van der Waals surface area contributed by atoms with Gasteiger partial charge in [0.1, 0.15) is 0 Å².